The van der Waals surface area contributed by atoms with Crippen LogP contribution in [0.3, 0.4) is 0 Å². The zero-order chi connectivity index (χ0) is 11.5. The second kappa shape index (κ2) is 6.93. The van der Waals surface area contributed by atoms with Gasteiger partial charge in [-0.15, -0.1) is 12.4 Å². The van der Waals surface area contributed by atoms with Crippen LogP contribution in [-0.2, 0) is 4.74 Å². The van der Waals surface area contributed by atoms with Crippen LogP contribution in [0.4, 0.5) is 0 Å². The quantitative estimate of drug-likeness (QED) is 0.825. The molecule has 102 valence electrons. The Bertz CT molecular complexity index is 217. The minimum absolute atomic E-state index is 0. The number of halogens is 1. The van der Waals surface area contributed by atoms with Gasteiger partial charge in [-0.3, -0.25) is 5.32 Å². The zero-order valence-electron chi connectivity index (χ0n) is 11.3. The molecule has 0 aromatic carbocycles. The molecule has 0 amide bonds. The van der Waals surface area contributed by atoms with Crippen LogP contribution in [0.5, 0.6) is 0 Å². The van der Waals surface area contributed by atoms with Crippen LogP contribution >= 0.6 is 12.4 Å². The van der Waals surface area contributed by atoms with Crippen molar-refractivity contribution in [3.8, 4) is 0 Å². The van der Waals surface area contributed by atoms with Gasteiger partial charge in [0.1, 0.15) is 6.23 Å². The molecule has 2 saturated heterocycles. The number of rotatable bonds is 2. The van der Waals surface area contributed by atoms with Gasteiger partial charge < -0.3 is 9.64 Å². The highest BCUT2D eigenvalue weighted by molar-refractivity contribution is 5.85. The molecule has 0 aromatic heterocycles. The molecule has 0 saturated carbocycles. The molecule has 2 rings (SSSR count). The Labute approximate surface area is 112 Å². The van der Waals surface area contributed by atoms with Gasteiger partial charge in [-0.2, -0.15) is 0 Å². The standard InChI is InChI=1S/C13H26N2O.ClH/c1-10(2)15-6-4-5-12(8-15)13-14-7-11(3)9-16-13;/h10-14H,4-9H2,1-3H3;1H. The molecular weight excluding hydrogens is 236 g/mol. The Morgan fingerprint density at radius 1 is 1.35 bits per heavy atom. The summed E-state index contributed by atoms with van der Waals surface area (Å²) in [4.78, 5) is 2.58. The molecule has 2 heterocycles. The van der Waals surface area contributed by atoms with Crippen LogP contribution in [-0.4, -0.2) is 43.4 Å². The average Bonchev–Trinajstić information content (AvgIpc) is 2.30. The fraction of sp³-hybridized carbons (Fsp3) is 1.00. The lowest BCUT2D eigenvalue weighted by atomic mass is 9.94. The third-order valence-electron chi connectivity index (χ3n) is 3.88. The van der Waals surface area contributed by atoms with Crippen LogP contribution in [0.15, 0.2) is 0 Å². The lowest BCUT2D eigenvalue weighted by molar-refractivity contribution is -0.0745. The van der Waals surface area contributed by atoms with Crippen molar-refractivity contribution in [2.45, 2.75) is 45.9 Å². The summed E-state index contributed by atoms with van der Waals surface area (Å²) < 4.78 is 5.92. The van der Waals surface area contributed by atoms with Crippen molar-refractivity contribution < 1.29 is 4.74 Å². The number of hydrogen-bond acceptors (Lipinski definition) is 3. The molecular formula is C13H27ClN2O. The minimum atomic E-state index is 0. The Kier molecular flexibility index (Phi) is 6.21. The number of nitrogens with zero attached hydrogens (tertiary/aromatic N) is 1. The summed E-state index contributed by atoms with van der Waals surface area (Å²) in [6.45, 7) is 11.3. The van der Waals surface area contributed by atoms with Gasteiger partial charge in [0.25, 0.3) is 0 Å². The fourth-order valence-corrected chi connectivity index (χ4v) is 2.76. The minimum Gasteiger partial charge on any atom is -0.363 e. The van der Waals surface area contributed by atoms with Gasteiger partial charge in [-0.25, -0.2) is 0 Å². The second-order valence-electron chi connectivity index (χ2n) is 5.76. The molecule has 3 unspecified atom stereocenters. The topological polar surface area (TPSA) is 24.5 Å². The van der Waals surface area contributed by atoms with E-state index in [9.17, 15) is 0 Å². The van der Waals surface area contributed by atoms with Gasteiger partial charge in [0.2, 0.25) is 0 Å². The maximum absolute atomic E-state index is 5.92. The Balaban J connectivity index is 0.00000144. The largest absolute Gasteiger partial charge is 0.363 e. The van der Waals surface area contributed by atoms with E-state index >= 15 is 0 Å². The summed E-state index contributed by atoms with van der Waals surface area (Å²) in [7, 11) is 0. The summed E-state index contributed by atoms with van der Waals surface area (Å²) in [6, 6.07) is 0.672. The van der Waals surface area contributed by atoms with Crippen LogP contribution in [0, 0.1) is 11.8 Å². The summed E-state index contributed by atoms with van der Waals surface area (Å²) >= 11 is 0. The molecule has 0 bridgehead atoms. The van der Waals surface area contributed by atoms with E-state index in [1.54, 1.807) is 0 Å². The molecule has 2 fully saturated rings. The zero-order valence-corrected chi connectivity index (χ0v) is 12.1. The van der Waals surface area contributed by atoms with Crippen molar-refractivity contribution in [1.29, 1.82) is 0 Å². The Hall–Kier alpha value is 0.170. The maximum Gasteiger partial charge on any atom is 0.112 e. The number of likely N-dealkylation sites (tertiary alicyclic amines) is 1. The Morgan fingerprint density at radius 3 is 2.71 bits per heavy atom. The molecule has 0 aromatic rings. The lowest BCUT2D eigenvalue weighted by Crippen LogP contribution is -2.52. The van der Waals surface area contributed by atoms with E-state index in [0.29, 0.717) is 24.1 Å². The average molecular weight is 263 g/mol. The number of piperidine rings is 1. The second-order valence-corrected chi connectivity index (χ2v) is 5.76. The van der Waals surface area contributed by atoms with Crippen LogP contribution in [0.1, 0.15) is 33.6 Å². The lowest BCUT2D eigenvalue weighted by Gasteiger charge is -2.41. The highest BCUT2D eigenvalue weighted by Gasteiger charge is 2.30. The molecule has 0 radical (unpaired) electrons. The highest BCUT2D eigenvalue weighted by Crippen LogP contribution is 2.23. The monoisotopic (exact) mass is 262 g/mol. The first-order valence-corrected chi connectivity index (χ1v) is 6.76. The molecule has 2 aliphatic rings. The predicted molar refractivity (Wildman–Crippen MR) is 73.6 cm³/mol. The van der Waals surface area contributed by atoms with Crippen LogP contribution in [0.2, 0.25) is 0 Å². The molecule has 0 aliphatic carbocycles. The SMILES string of the molecule is CC1CNC(C2CCCN(C(C)C)C2)OC1.Cl. The normalized spacial score (nSPS) is 35.6. The highest BCUT2D eigenvalue weighted by atomic mass is 35.5. The van der Waals surface area contributed by atoms with E-state index in [2.05, 4.69) is 31.0 Å². The maximum atomic E-state index is 5.92. The molecule has 0 spiro atoms. The van der Waals surface area contributed by atoms with E-state index < -0.39 is 0 Å². The van der Waals surface area contributed by atoms with Gasteiger partial charge in [0, 0.05) is 25.0 Å². The summed E-state index contributed by atoms with van der Waals surface area (Å²) in [5, 5.41) is 3.55. The van der Waals surface area contributed by atoms with E-state index in [0.717, 1.165) is 13.2 Å². The molecule has 1 N–H and O–H groups in total. The predicted octanol–water partition coefficient (Wildman–Crippen LogP) is 2.11. The van der Waals surface area contributed by atoms with Gasteiger partial charge in [0.05, 0.1) is 6.61 Å². The number of hydrogen-bond donors (Lipinski definition) is 1. The summed E-state index contributed by atoms with van der Waals surface area (Å²) in [5.74, 6) is 1.35. The van der Waals surface area contributed by atoms with Crippen molar-refractivity contribution in [3.05, 3.63) is 0 Å². The summed E-state index contributed by atoms with van der Waals surface area (Å²) in [6.07, 6.45) is 2.94. The first-order chi connectivity index (χ1) is 7.66. The van der Waals surface area contributed by atoms with E-state index in [1.165, 1.54) is 25.9 Å². The molecule has 17 heavy (non-hydrogen) atoms. The molecule has 4 heteroatoms. The van der Waals surface area contributed by atoms with E-state index in [-0.39, 0.29) is 12.4 Å². The van der Waals surface area contributed by atoms with Gasteiger partial charge in [-0.1, -0.05) is 6.92 Å². The van der Waals surface area contributed by atoms with E-state index in [1.807, 2.05) is 0 Å². The van der Waals surface area contributed by atoms with Gasteiger partial charge in [-0.05, 0) is 39.2 Å². The number of nitrogens with one attached hydrogen (secondary N) is 1. The Morgan fingerprint density at radius 2 is 2.12 bits per heavy atom. The molecule has 3 atom stereocenters. The number of ether oxygens (including phenoxy) is 1. The van der Waals surface area contributed by atoms with Crippen molar-refractivity contribution in [3.63, 3.8) is 0 Å². The third-order valence-corrected chi connectivity index (χ3v) is 3.88. The first kappa shape index (κ1) is 15.2. The summed E-state index contributed by atoms with van der Waals surface area (Å²) in [5.41, 5.74) is 0. The third kappa shape index (κ3) is 4.09. The smallest absolute Gasteiger partial charge is 0.112 e. The van der Waals surface area contributed by atoms with Crippen LogP contribution in [0.25, 0.3) is 0 Å². The van der Waals surface area contributed by atoms with Crippen molar-refractivity contribution in [2.24, 2.45) is 11.8 Å². The van der Waals surface area contributed by atoms with Crippen LogP contribution < -0.4 is 5.32 Å². The first-order valence-electron chi connectivity index (χ1n) is 6.76. The van der Waals surface area contributed by atoms with Gasteiger partial charge in [0.15, 0.2) is 0 Å². The van der Waals surface area contributed by atoms with Crippen molar-refractivity contribution in [1.82, 2.24) is 10.2 Å². The van der Waals surface area contributed by atoms with Crippen molar-refractivity contribution in [2.75, 3.05) is 26.2 Å². The molecule has 3 nitrogen and oxygen atoms in total. The van der Waals surface area contributed by atoms with Crippen molar-refractivity contribution >= 4 is 12.4 Å². The molecule has 2 aliphatic heterocycles. The fourth-order valence-electron chi connectivity index (χ4n) is 2.76. The van der Waals surface area contributed by atoms with E-state index in [4.69, 9.17) is 4.74 Å². The van der Waals surface area contributed by atoms with Gasteiger partial charge >= 0.3 is 0 Å².